The number of amides is 1. The lowest BCUT2D eigenvalue weighted by atomic mass is 10.0. The van der Waals surface area contributed by atoms with Gasteiger partial charge in [0, 0.05) is 17.5 Å². The van der Waals surface area contributed by atoms with Crippen LogP contribution in [0, 0.1) is 20.8 Å². The summed E-state index contributed by atoms with van der Waals surface area (Å²) in [6.07, 6.45) is 0.573. The van der Waals surface area contributed by atoms with E-state index < -0.39 is 0 Å². The SMILES string of the molecule is Cc1cc(C)c2c(N)c(C(=O)N3N=C(c4ccccc4)C[C@H]3c3ccc(C)o3)sc2n1. The summed E-state index contributed by atoms with van der Waals surface area (Å²) < 4.78 is 5.88. The first kappa shape index (κ1) is 19.5. The number of carbonyl (C=O) groups is 1. The van der Waals surface area contributed by atoms with Gasteiger partial charge in [0.15, 0.2) is 0 Å². The highest BCUT2D eigenvalue weighted by molar-refractivity contribution is 7.21. The molecule has 0 saturated carbocycles. The van der Waals surface area contributed by atoms with Gasteiger partial charge in [-0.25, -0.2) is 9.99 Å². The maximum absolute atomic E-state index is 13.7. The molecule has 3 aromatic heterocycles. The number of carbonyl (C=O) groups excluding carboxylic acids is 1. The van der Waals surface area contributed by atoms with Crippen molar-refractivity contribution in [1.82, 2.24) is 9.99 Å². The van der Waals surface area contributed by atoms with Gasteiger partial charge in [-0.15, -0.1) is 11.3 Å². The molecule has 0 saturated heterocycles. The van der Waals surface area contributed by atoms with Gasteiger partial charge in [0.1, 0.15) is 27.3 Å². The Labute approximate surface area is 184 Å². The van der Waals surface area contributed by atoms with E-state index in [-0.39, 0.29) is 11.9 Å². The van der Waals surface area contributed by atoms with Crippen molar-refractivity contribution in [2.24, 2.45) is 5.10 Å². The maximum atomic E-state index is 13.7. The monoisotopic (exact) mass is 430 g/mol. The second kappa shape index (κ2) is 7.35. The number of hydrogen-bond acceptors (Lipinski definition) is 6. The zero-order valence-electron chi connectivity index (χ0n) is 17.5. The molecule has 4 heterocycles. The first-order chi connectivity index (χ1) is 14.9. The molecule has 156 valence electrons. The third-order valence-corrected chi connectivity index (χ3v) is 6.62. The third-order valence-electron chi connectivity index (χ3n) is 5.53. The molecule has 31 heavy (non-hydrogen) atoms. The number of aromatic nitrogens is 1. The van der Waals surface area contributed by atoms with Gasteiger partial charge in [-0.1, -0.05) is 30.3 Å². The molecule has 1 atom stereocenters. The lowest BCUT2D eigenvalue weighted by Gasteiger charge is -2.19. The summed E-state index contributed by atoms with van der Waals surface area (Å²) in [6, 6.07) is 15.4. The van der Waals surface area contributed by atoms with Crippen LogP contribution in [0.3, 0.4) is 0 Å². The Morgan fingerprint density at radius 3 is 2.65 bits per heavy atom. The van der Waals surface area contributed by atoms with Gasteiger partial charge in [0.25, 0.3) is 5.91 Å². The molecule has 1 amide bonds. The van der Waals surface area contributed by atoms with Gasteiger partial charge in [0.2, 0.25) is 0 Å². The van der Waals surface area contributed by atoms with Crippen molar-refractivity contribution in [2.45, 2.75) is 33.2 Å². The Bertz CT molecular complexity index is 1340. The van der Waals surface area contributed by atoms with Crippen LogP contribution in [0.5, 0.6) is 0 Å². The highest BCUT2D eigenvalue weighted by Crippen LogP contribution is 2.40. The van der Waals surface area contributed by atoms with E-state index in [1.807, 2.05) is 69.3 Å². The number of pyridine rings is 1. The average Bonchev–Trinajstić information content (AvgIpc) is 3.45. The van der Waals surface area contributed by atoms with E-state index in [0.29, 0.717) is 22.7 Å². The standard InChI is InChI=1S/C24H22N4O2S/c1-13-11-14(2)26-23-20(13)21(25)22(31-23)24(29)28-18(19-10-9-15(3)30-19)12-17(27-28)16-7-5-4-6-8-16/h4-11,18H,12,25H2,1-3H3/t18-/m0/s1. The number of nitrogens with zero attached hydrogens (tertiary/aromatic N) is 3. The van der Waals surface area contributed by atoms with Crippen molar-refractivity contribution in [1.29, 1.82) is 0 Å². The smallest absolute Gasteiger partial charge is 0.286 e. The lowest BCUT2D eigenvalue weighted by Crippen LogP contribution is -2.26. The van der Waals surface area contributed by atoms with Crippen LogP contribution in [-0.2, 0) is 0 Å². The van der Waals surface area contributed by atoms with Crippen molar-refractivity contribution in [3.8, 4) is 0 Å². The van der Waals surface area contributed by atoms with E-state index in [4.69, 9.17) is 15.3 Å². The number of rotatable bonds is 3. The number of nitrogen functional groups attached to an aromatic ring is 1. The summed E-state index contributed by atoms with van der Waals surface area (Å²) in [5.74, 6) is 1.28. The first-order valence-corrected chi connectivity index (χ1v) is 10.9. The Morgan fingerprint density at radius 1 is 1.16 bits per heavy atom. The topological polar surface area (TPSA) is 84.7 Å². The molecule has 0 bridgehead atoms. The summed E-state index contributed by atoms with van der Waals surface area (Å²) in [6.45, 7) is 5.82. The number of aryl methyl sites for hydroxylation is 3. The predicted molar refractivity (Wildman–Crippen MR) is 123 cm³/mol. The molecule has 0 fully saturated rings. The molecule has 1 aliphatic heterocycles. The van der Waals surface area contributed by atoms with Crippen LogP contribution in [0.1, 0.15) is 50.5 Å². The number of anilines is 1. The fourth-order valence-corrected chi connectivity index (χ4v) is 5.24. The van der Waals surface area contributed by atoms with Gasteiger partial charge in [0.05, 0.1) is 11.4 Å². The van der Waals surface area contributed by atoms with Gasteiger partial charge < -0.3 is 10.2 Å². The normalized spacial score (nSPS) is 16.2. The van der Waals surface area contributed by atoms with Crippen LogP contribution >= 0.6 is 11.3 Å². The maximum Gasteiger partial charge on any atom is 0.286 e. The van der Waals surface area contributed by atoms with Crippen LogP contribution in [0.15, 0.2) is 58.0 Å². The van der Waals surface area contributed by atoms with Gasteiger partial charge in [-0.2, -0.15) is 5.10 Å². The molecule has 1 aliphatic rings. The quantitative estimate of drug-likeness (QED) is 0.472. The van der Waals surface area contributed by atoms with Crippen molar-refractivity contribution in [3.05, 3.63) is 81.7 Å². The molecule has 7 heteroatoms. The zero-order valence-corrected chi connectivity index (χ0v) is 18.4. The number of hydrogen-bond donors (Lipinski definition) is 1. The second-order valence-electron chi connectivity index (χ2n) is 7.84. The van der Waals surface area contributed by atoms with E-state index in [1.54, 1.807) is 0 Å². The van der Waals surface area contributed by atoms with Crippen molar-refractivity contribution in [2.75, 3.05) is 5.73 Å². The summed E-state index contributed by atoms with van der Waals surface area (Å²) in [4.78, 5) is 19.5. The van der Waals surface area contributed by atoms with Crippen LogP contribution < -0.4 is 5.73 Å². The first-order valence-electron chi connectivity index (χ1n) is 10.1. The number of benzene rings is 1. The summed E-state index contributed by atoms with van der Waals surface area (Å²) in [7, 11) is 0. The fourth-order valence-electron chi connectivity index (χ4n) is 4.09. The molecule has 2 N–H and O–H groups in total. The fraction of sp³-hybridized carbons (Fsp3) is 0.208. The lowest BCUT2D eigenvalue weighted by molar-refractivity contribution is 0.0698. The largest absolute Gasteiger partial charge is 0.464 e. The van der Waals surface area contributed by atoms with E-state index in [9.17, 15) is 4.79 Å². The Kier molecular flexibility index (Phi) is 4.63. The molecule has 5 rings (SSSR count). The van der Waals surface area contributed by atoms with Gasteiger partial charge in [-0.3, -0.25) is 4.79 Å². The summed E-state index contributed by atoms with van der Waals surface area (Å²) >= 11 is 1.32. The van der Waals surface area contributed by atoms with Gasteiger partial charge >= 0.3 is 0 Å². The molecule has 6 nitrogen and oxygen atoms in total. The molecule has 0 unspecified atom stereocenters. The predicted octanol–water partition coefficient (Wildman–Crippen LogP) is 5.39. The van der Waals surface area contributed by atoms with Crippen molar-refractivity contribution >= 4 is 38.9 Å². The number of furan rings is 1. The summed E-state index contributed by atoms with van der Waals surface area (Å²) in [5.41, 5.74) is 10.7. The van der Waals surface area contributed by atoms with Crippen LogP contribution in [-0.4, -0.2) is 21.6 Å². The van der Waals surface area contributed by atoms with Gasteiger partial charge in [-0.05, 0) is 50.1 Å². The highest BCUT2D eigenvalue weighted by atomic mass is 32.1. The van der Waals surface area contributed by atoms with Crippen molar-refractivity contribution < 1.29 is 9.21 Å². The van der Waals surface area contributed by atoms with E-state index in [0.717, 1.165) is 38.5 Å². The van der Waals surface area contributed by atoms with Crippen LogP contribution in [0.25, 0.3) is 10.2 Å². The number of fused-ring (bicyclic) bond motifs is 1. The minimum Gasteiger partial charge on any atom is -0.464 e. The van der Waals surface area contributed by atoms with Crippen molar-refractivity contribution in [3.63, 3.8) is 0 Å². The van der Waals surface area contributed by atoms with E-state index in [1.165, 1.54) is 16.3 Å². The van der Waals surface area contributed by atoms with E-state index >= 15 is 0 Å². The number of thiophene rings is 1. The van der Waals surface area contributed by atoms with Crippen LogP contribution in [0.2, 0.25) is 0 Å². The molecule has 4 aromatic rings. The Morgan fingerprint density at radius 2 is 1.94 bits per heavy atom. The van der Waals surface area contributed by atoms with E-state index in [2.05, 4.69) is 4.98 Å². The number of nitrogens with two attached hydrogens (primary N) is 1. The minimum absolute atomic E-state index is 0.234. The third kappa shape index (κ3) is 3.31. The average molecular weight is 431 g/mol. The molecular formula is C24H22N4O2S. The second-order valence-corrected chi connectivity index (χ2v) is 8.84. The molecule has 1 aromatic carbocycles. The molecule has 0 radical (unpaired) electrons. The summed E-state index contributed by atoms with van der Waals surface area (Å²) in [5, 5.41) is 7.09. The minimum atomic E-state index is -0.322. The zero-order chi connectivity index (χ0) is 21.7. The highest BCUT2D eigenvalue weighted by Gasteiger charge is 2.37. The Balaban J connectivity index is 1.60. The molecule has 0 spiro atoms. The van der Waals surface area contributed by atoms with Crippen LogP contribution in [0.4, 0.5) is 5.69 Å². The number of hydrazone groups is 1. The molecular weight excluding hydrogens is 408 g/mol. The molecule has 0 aliphatic carbocycles. The Hall–Kier alpha value is -3.45.